The number of ether oxygens (including phenoxy) is 1. The van der Waals surface area contributed by atoms with Gasteiger partial charge < -0.3 is 10.1 Å². The van der Waals surface area contributed by atoms with Crippen LogP contribution in [0.5, 0.6) is 5.75 Å². The van der Waals surface area contributed by atoms with Gasteiger partial charge in [0, 0.05) is 12.5 Å². The van der Waals surface area contributed by atoms with Gasteiger partial charge in [0.25, 0.3) is 0 Å². The van der Waals surface area contributed by atoms with Crippen LogP contribution in [0.4, 0.5) is 4.39 Å². The summed E-state index contributed by atoms with van der Waals surface area (Å²) in [6.07, 6.45) is 2.22. The van der Waals surface area contributed by atoms with Crippen molar-refractivity contribution >= 4 is 5.91 Å². The highest BCUT2D eigenvalue weighted by atomic mass is 19.1. The van der Waals surface area contributed by atoms with Crippen molar-refractivity contribution < 1.29 is 13.9 Å². The van der Waals surface area contributed by atoms with Crippen LogP contribution in [-0.4, -0.2) is 19.6 Å². The molecule has 92 valence electrons. The zero-order valence-electron chi connectivity index (χ0n) is 9.83. The number of carbonyl (C=O) groups is 1. The summed E-state index contributed by atoms with van der Waals surface area (Å²) in [5.41, 5.74) is 0.548. The molecule has 1 aromatic rings. The minimum absolute atomic E-state index is 0.0264. The fraction of sp³-hybridized carbons (Fsp3) is 0.462. The number of carbonyl (C=O) groups excluding carboxylic acids is 1. The van der Waals surface area contributed by atoms with E-state index in [0.717, 1.165) is 19.4 Å². The molecular weight excluding hydrogens is 221 g/mol. The molecule has 17 heavy (non-hydrogen) atoms. The summed E-state index contributed by atoms with van der Waals surface area (Å²) >= 11 is 0. The minimum atomic E-state index is -0.353. The van der Waals surface area contributed by atoms with E-state index in [1.807, 2.05) is 0 Å². The third kappa shape index (κ3) is 2.57. The van der Waals surface area contributed by atoms with Crippen molar-refractivity contribution in [2.75, 3.05) is 13.7 Å². The molecular formula is C13H16FNO2. The molecule has 0 bridgehead atoms. The number of nitrogens with one attached hydrogen (secondary N) is 1. The largest absolute Gasteiger partial charge is 0.494 e. The summed E-state index contributed by atoms with van der Waals surface area (Å²) in [6.45, 7) is 0.732. The van der Waals surface area contributed by atoms with E-state index >= 15 is 0 Å². The first kappa shape index (κ1) is 11.9. The Labute approximate surface area is 100.0 Å². The van der Waals surface area contributed by atoms with E-state index in [9.17, 15) is 9.18 Å². The summed E-state index contributed by atoms with van der Waals surface area (Å²) < 4.78 is 18.8. The molecule has 0 aromatic heterocycles. The van der Waals surface area contributed by atoms with Crippen LogP contribution in [0.2, 0.25) is 0 Å². The van der Waals surface area contributed by atoms with Crippen molar-refractivity contribution in [3.63, 3.8) is 0 Å². The molecule has 0 radical (unpaired) electrons. The number of hydrogen-bond acceptors (Lipinski definition) is 2. The molecule has 4 heteroatoms. The Morgan fingerprint density at radius 2 is 2.35 bits per heavy atom. The summed E-state index contributed by atoms with van der Waals surface area (Å²) in [6, 6.07) is 5.04. The van der Waals surface area contributed by atoms with Crippen LogP contribution >= 0.6 is 0 Å². The van der Waals surface area contributed by atoms with E-state index in [2.05, 4.69) is 5.32 Å². The first-order valence-corrected chi connectivity index (χ1v) is 5.81. The molecule has 1 N–H and O–H groups in total. The quantitative estimate of drug-likeness (QED) is 0.872. The van der Waals surface area contributed by atoms with Crippen LogP contribution in [0, 0.1) is 11.7 Å². The molecule has 0 saturated carbocycles. The molecule has 1 aliphatic rings. The summed E-state index contributed by atoms with van der Waals surface area (Å²) in [7, 11) is 1.44. The van der Waals surface area contributed by atoms with E-state index in [1.165, 1.54) is 7.11 Å². The van der Waals surface area contributed by atoms with E-state index < -0.39 is 0 Å². The van der Waals surface area contributed by atoms with Gasteiger partial charge in [-0.25, -0.2) is 4.39 Å². The van der Waals surface area contributed by atoms with E-state index in [1.54, 1.807) is 18.2 Å². The zero-order chi connectivity index (χ0) is 12.3. The van der Waals surface area contributed by atoms with E-state index in [-0.39, 0.29) is 23.4 Å². The molecule has 1 aliphatic heterocycles. The fourth-order valence-electron chi connectivity index (χ4n) is 2.17. The minimum Gasteiger partial charge on any atom is -0.494 e. The number of methoxy groups -OCH3 is 1. The molecule has 1 aromatic carbocycles. The van der Waals surface area contributed by atoms with Gasteiger partial charge in [0.1, 0.15) is 0 Å². The number of benzene rings is 1. The first-order valence-electron chi connectivity index (χ1n) is 5.81. The van der Waals surface area contributed by atoms with Crippen molar-refractivity contribution in [2.45, 2.75) is 19.3 Å². The lowest BCUT2D eigenvalue weighted by atomic mass is 9.91. The topological polar surface area (TPSA) is 38.3 Å². The van der Waals surface area contributed by atoms with E-state index in [4.69, 9.17) is 4.74 Å². The maximum Gasteiger partial charge on any atom is 0.223 e. The number of piperidine rings is 1. The summed E-state index contributed by atoms with van der Waals surface area (Å²) in [5.74, 6) is -0.212. The third-order valence-corrected chi connectivity index (χ3v) is 3.13. The summed E-state index contributed by atoms with van der Waals surface area (Å²) in [5, 5.41) is 2.81. The van der Waals surface area contributed by atoms with Crippen molar-refractivity contribution in [2.24, 2.45) is 5.92 Å². The number of halogens is 1. The molecule has 3 nitrogen and oxygen atoms in total. The molecule has 0 spiro atoms. The second-order valence-electron chi connectivity index (χ2n) is 4.27. The maximum atomic E-state index is 13.9. The molecule has 1 amide bonds. The van der Waals surface area contributed by atoms with Gasteiger partial charge in [-0.2, -0.15) is 0 Å². The Morgan fingerprint density at radius 3 is 3.06 bits per heavy atom. The first-order chi connectivity index (χ1) is 8.22. The monoisotopic (exact) mass is 237 g/mol. The van der Waals surface area contributed by atoms with Crippen LogP contribution in [-0.2, 0) is 11.2 Å². The standard InChI is InChI=1S/C13H16FNO2/c1-17-11-6-2-4-9(12(11)14)8-10-5-3-7-15-13(10)16/h2,4,6,10H,3,5,7-8H2,1H3,(H,15,16). The lowest BCUT2D eigenvalue weighted by Crippen LogP contribution is -2.37. The van der Waals surface area contributed by atoms with Crippen molar-refractivity contribution in [3.8, 4) is 5.75 Å². The summed E-state index contributed by atoms with van der Waals surface area (Å²) in [4.78, 5) is 11.6. The van der Waals surface area contributed by atoms with Crippen LogP contribution in [0.15, 0.2) is 18.2 Å². The molecule has 1 unspecified atom stereocenters. The highest BCUT2D eigenvalue weighted by Crippen LogP contribution is 2.24. The second-order valence-corrected chi connectivity index (χ2v) is 4.27. The van der Waals surface area contributed by atoms with Crippen LogP contribution < -0.4 is 10.1 Å². The van der Waals surface area contributed by atoms with Gasteiger partial charge in [0.05, 0.1) is 7.11 Å². The Morgan fingerprint density at radius 1 is 1.53 bits per heavy atom. The van der Waals surface area contributed by atoms with Gasteiger partial charge in [0.2, 0.25) is 5.91 Å². The van der Waals surface area contributed by atoms with E-state index in [0.29, 0.717) is 12.0 Å². The number of amides is 1. The Balaban J connectivity index is 2.15. The smallest absolute Gasteiger partial charge is 0.223 e. The average molecular weight is 237 g/mol. The fourth-order valence-corrected chi connectivity index (χ4v) is 2.17. The highest BCUT2D eigenvalue weighted by molar-refractivity contribution is 5.79. The Kier molecular flexibility index (Phi) is 3.61. The molecule has 1 atom stereocenters. The van der Waals surface area contributed by atoms with Gasteiger partial charge >= 0.3 is 0 Å². The van der Waals surface area contributed by atoms with Crippen LogP contribution in [0.3, 0.4) is 0 Å². The Hall–Kier alpha value is -1.58. The van der Waals surface area contributed by atoms with Crippen LogP contribution in [0.25, 0.3) is 0 Å². The highest BCUT2D eigenvalue weighted by Gasteiger charge is 2.23. The van der Waals surface area contributed by atoms with Gasteiger partial charge in [-0.1, -0.05) is 12.1 Å². The average Bonchev–Trinajstić information content (AvgIpc) is 2.34. The lowest BCUT2D eigenvalue weighted by molar-refractivity contribution is -0.126. The van der Waals surface area contributed by atoms with Crippen LogP contribution in [0.1, 0.15) is 18.4 Å². The normalized spacial score (nSPS) is 19.9. The predicted molar refractivity (Wildman–Crippen MR) is 62.4 cm³/mol. The third-order valence-electron chi connectivity index (χ3n) is 3.13. The molecule has 1 saturated heterocycles. The molecule has 1 fully saturated rings. The van der Waals surface area contributed by atoms with Gasteiger partial charge in [-0.05, 0) is 30.9 Å². The van der Waals surface area contributed by atoms with Gasteiger partial charge in [-0.15, -0.1) is 0 Å². The van der Waals surface area contributed by atoms with Crippen molar-refractivity contribution in [3.05, 3.63) is 29.6 Å². The van der Waals surface area contributed by atoms with Gasteiger partial charge in [-0.3, -0.25) is 4.79 Å². The number of rotatable bonds is 3. The van der Waals surface area contributed by atoms with Crippen molar-refractivity contribution in [1.29, 1.82) is 0 Å². The molecule has 1 heterocycles. The predicted octanol–water partition coefficient (Wildman–Crippen LogP) is 1.90. The molecule has 0 aliphatic carbocycles. The SMILES string of the molecule is COc1cccc(CC2CCCNC2=O)c1F. The lowest BCUT2D eigenvalue weighted by Gasteiger charge is -2.22. The zero-order valence-corrected chi connectivity index (χ0v) is 9.83. The van der Waals surface area contributed by atoms with Gasteiger partial charge in [0.15, 0.2) is 11.6 Å². The second kappa shape index (κ2) is 5.17. The van der Waals surface area contributed by atoms with Crippen molar-refractivity contribution in [1.82, 2.24) is 5.32 Å². The number of hydrogen-bond donors (Lipinski definition) is 1. The molecule has 2 rings (SSSR count). The maximum absolute atomic E-state index is 13.9. The Bertz CT molecular complexity index is 420.